The van der Waals surface area contributed by atoms with Gasteiger partial charge in [-0.1, -0.05) is 30.3 Å². The first-order chi connectivity index (χ1) is 14.0. The van der Waals surface area contributed by atoms with Gasteiger partial charge in [-0.2, -0.15) is 0 Å². The molecule has 8 heteroatoms. The highest BCUT2D eigenvalue weighted by atomic mass is 32.2. The molecule has 29 heavy (non-hydrogen) atoms. The summed E-state index contributed by atoms with van der Waals surface area (Å²) in [5.74, 6) is -0.522. The molecule has 3 aromatic rings. The molecule has 3 rings (SSSR count). The van der Waals surface area contributed by atoms with Gasteiger partial charge in [0, 0.05) is 18.5 Å². The Hall–Kier alpha value is -2.71. The van der Waals surface area contributed by atoms with Gasteiger partial charge in [-0.15, -0.1) is 11.8 Å². The Balaban J connectivity index is 1.62. The zero-order valence-electron chi connectivity index (χ0n) is 15.4. The number of aromatic nitrogens is 1. The van der Waals surface area contributed by atoms with E-state index in [1.165, 1.54) is 23.9 Å². The number of amides is 1. The number of benzene rings is 2. The predicted octanol–water partition coefficient (Wildman–Crippen LogP) is 3.72. The minimum atomic E-state index is -3.40. The second-order valence-corrected chi connectivity index (χ2v) is 9.34. The summed E-state index contributed by atoms with van der Waals surface area (Å²) in [6.07, 6.45) is 1.55. The van der Waals surface area contributed by atoms with Gasteiger partial charge in [0.05, 0.1) is 16.2 Å². The summed E-state index contributed by atoms with van der Waals surface area (Å²) in [7, 11) is -3.40. The number of hydrogen-bond acceptors (Lipinski definition) is 5. The maximum Gasteiger partial charge on any atom is 0.254 e. The predicted molar refractivity (Wildman–Crippen MR) is 111 cm³/mol. The fraction of sp³-hybridized carbons (Fsp3) is 0.143. The number of carbonyl (C=O) groups is 1. The Labute approximate surface area is 173 Å². The molecule has 1 amide bonds. The first-order valence-corrected chi connectivity index (χ1v) is 11.5. The number of hydrogen-bond donors (Lipinski definition) is 1. The highest BCUT2D eigenvalue weighted by molar-refractivity contribution is 8.00. The van der Waals surface area contributed by atoms with Crippen LogP contribution in [0.3, 0.4) is 0 Å². The van der Waals surface area contributed by atoms with Crippen molar-refractivity contribution in [1.82, 2.24) is 10.3 Å². The van der Waals surface area contributed by atoms with Crippen LogP contribution in [0.15, 0.2) is 82.8 Å². The molecule has 5 nitrogen and oxygen atoms in total. The van der Waals surface area contributed by atoms with Crippen LogP contribution in [0, 0.1) is 5.82 Å². The number of nitrogens with zero attached hydrogens (tertiary/aromatic N) is 1. The second kappa shape index (κ2) is 9.67. The summed E-state index contributed by atoms with van der Waals surface area (Å²) in [4.78, 5) is 17.0. The third kappa shape index (κ3) is 5.88. The standard InChI is InChI=1S/C21H19FN2O3S2/c22-17-7-4-6-16(14-17)15-24-20(25)19-10-5-11-23-21(19)28-12-13-29(26,27)18-8-2-1-3-9-18/h1-11,14H,12-13,15H2,(H,24,25). The van der Waals surface area contributed by atoms with Crippen molar-refractivity contribution in [2.75, 3.05) is 11.5 Å². The van der Waals surface area contributed by atoms with Crippen LogP contribution in [0.5, 0.6) is 0 Å². The number of pyridine rings is 1. The van der Waals surface area contributed by atoms with Gasteiger partial charge in [-0.25, -0.2) is 17.8 Å². The molecule has 1 N–H and O–H groups in total. The Bertz CT molecular complexity index is 1090. The molecule has 150 valence electrons. The lowest BCUT2D eigenvalue weighted by Gasteiger charge is -2.09. The average Bonchev–Trinajstić information content (AvgIpc) is 2.73. The Morgan fingerprint density at radius 2 is 1.83 bits per heavy atom. The number of carbonyl (C=O) groups excluding carboxylic acids is 1. The lowest BCUT2D eigenvalue weighted by molar-refractivity contribution is 0.0947. The van der Waals surface area contributed by atoms with Crippen LogP contribution in [0.4, 0.5) is 4.39 Å². The first-order valence-electron chi connectivity index (χ1n) is 8.84. The summed E-state index contributed by atoms with van der Waals surface area (Å²) in [5.41, 5.74) is 0.997. The van der Waals surface area contributed by atoms with Crippen molar-refractivity contribution in [2.45, 2.75) is 16.5 Å². The van der Waals surface area contributed by atoms with Crippen LogP contribution in [-0.4, -0.2) is 30.8 Å². The molecular weight excluding hydrogens is 411 g/mol. The van der Waals surface area contributed by atoms with Crippen molar-refractivity contribution in [3.63, 3.8) is 0 Å². The van der Waals surface area contributed by atoms with Crippen LogP contribution in [0.25, 0.3) is 0 Å². The van der Waals surface area contributed by atoms with E-state index in [1.54, 1.807) is 60.8 Å². The van der Waals surface area contributed by atoms with Gasteiger partial charge in [0.1, 0.15) is 10.8 Å². The van der Waals surface area contributed by atoms with Crippen LogP contribution < -0.4 is 5.32 Å². The van der Waals surface area contributed by atoms with Crippen LogP contribution >= 0.6 is 11.8 Å². The van der Waals surface area contributed by atoms with E-state index in [4.69, 9.17) is 0 Å². The number of nitrogens with one attached hydrogen (secondary N) is 1. The number of sulfone groups is 1. The second-order valence-electron chi connectivity index (χ2n) is 6.15. The maximum absolute atomic E-state index is 13.3. The summed E-state index contributed by atoms with van der Waals surface area (Å²) in [6.45, 7) is 0.179. The largest absolute Gasteiger partial charge is 0.348 e. The van der Waals surface area contributed by atoms with Crippen molar-refractivity contribution in [1.29, 1.82) is 0 Å². The molecule has 2 aromatic carbocycles. The normalized spacial score (nSPS) is 11.2. The minimum Gasteiger partial charge on any atom is -0.348 e. The van der Waals surface area contributed by atoms with E-state index >= 15 is 0 Å². The molecule has 0 aliphatic rings. The smallest absolute Gasteiger partial charge is 0.254 e. The van der Waals surface area contributed by atoms with Crippen molar-refractivity contribution in [3.8, 4) is 0 Å². The molecule has 0 aliphatic heterocycles. The van der Waals surface area contributed by atoms with Crippen molar-refractivity contribution < 1.29 is 17.6 Å². The van der Waals surface area contributed by atoms with Crippen LogP contribution in [0.2, 0.25) is 0 Å². The summed E-state index contributed by atoms with van der Waals surface area (Å²) < 4.78 is 38.0. The van der Waals surface area contributed by atoms with Crippen molar-refractivity contribution >= 4 is 27.5 Å². The summed E-state index contributed by atoms with van der Waals surface area (Å²) in [5, 5.41) is 3.19. The zero-order valence-corrected chi connectivity index (χ0v) is 17.0. The average molecular weight is 431 g/mol. The zero-order chi connectivity index (χ0) is 20.7. The van der Waals surface area contributed by atoms with E-state index in [1.807, 2.05) is 0 Å². The van der Waals surface area contributed by atoms with Crippen molar-refractivity contribution in [2.24, 2.45) is 0 Å². The number of halogens is 1. The highest BCUT2D eigenvalue weighted by Crippen LogP contribution is 2.22. The summed E-state index contributed by atoms with van der Waals surface area (Å²) >= 11 is 1.21. The van der Waals surface area contributed by atoms with Gasteiger partial charge in [0.15, 0.2) is 9.84 Å². The minimum absolute atomic E-state index is 0.0669. The molecule has 0 spiro atoms. The topological polar surface area (TPSA) is 76.1 Å². The van der Waals surface area contributed by atoms with E-state index in [9.17, 15) is 17.6 Å². The van der Waals surface area contributed by atoms with Crippen molar-refractivity contribution in [3.05, 3.63) is 89.9 Å². The monoisotopic (exact) mass is 430 g/mol. The maximum atomic E-state index is 13.3. The van der Waals surface area contributed by atoms with E-state index in [2.05, 4.69) is 10.3 Å². The Morgan fingerprint density at radius 1 is 1.03 bits per heavy atom. The first kappa shape index (κ1) is 21.0. The molecule has 0 aliphatic carbocycles. The lowest BCUT2D eigenvalue weighted by Crippen LogP contribution is -2.23. The third-order valence-electron chi connectivity index (χ3n) is 4.05. The van der Waals surface area contributed by atoms with E-state index in [-0.39, 0.29) is 34.7 Å². The number of thioether (sulfide) groups is 1. The Morgan fingerprint density at radius 3 is 2.59 bits per heavy atom. The molecule has 0 saturated heterocycles. The van der Waals surface area contributed by atoms with Gasteiger partial charge in [0.2, 0.25) is 0 Å². The molecule has 0 bridgehead atoms. The molecule has 1 aromatic heterocycles. The van der Waals surface area contributed by atoms with E-state index in [0.29, 0.717) is 16.2 Å². The SMILES string of the molecule is O=C(NCc1cccc(F)c1)c1cccnc1SCCS(=O)(=O)c1ccccc1. The molecule has 1 heterocycles. The van der Waals surface area contributed by atoms with Gasteiger partial charge >= 0.3 is 0 Å². The quantitative estimate of drug-likeness (QED) is 0.551. The van der Waals surface area contributed by atoms with Crippen LogP contribution in [-0.2, 0) is 16.4 Å². The molecule has 0 radical (unpaired) electrons. The van der Waals surface area contributed by atoms with E-state index in [0.717, 1.165) is 0 Å². The number of rotatable bonds is 8. The lowest BCUT2D eigenvalue weighted by atomic mass is 10.2. The Kier molecular flexibility index (Phi) is 7.00. The van der Waals surface area contributed by atoms with Gasteiger partial charge in [-0.3, -0.25) is 4.79 Å². The molecule has 0 fully saturated rings. The molecule has 0 saturated carbocycles. The molecule has 0 atom stereocenters. The third-order valence-corrected chi connectivity index (χ3v) is 7.05. The fourth-order valence-electron chi connectivity index (χ4n) is 2.60. The van der Waals surface area contributed by atoms with Crippen LogP contribution in [0.1, 0.15) is 15.9 Å². The summed E-state index contributed by atoms with van der Waals surface area (Å²) in [6, 6.07) is 17.5. The van der Waals surface area contributed by atoms with Gasteiger partial charge < -0.3 is 5.32 Å². The highest BCUT2D eigenvalue weighted by Gasteiger charge is 2.16. The molecular formula is C21H19FN2O3S2. The fourth-order valence-corrected chi connectivity index (χ4v) is 5.26. The van der Waals surface area contributed by atoms with E-state index < -0.39 is 9.84 Å². The molecule has 0 unspecified atom stereocenters. The van der Waals surface area contributed by atoms with Gasteiger partial charge in [-0.05, 0) is 42.0 Å². The van der Waals surface area contributed by atoms with Gasteiger partial charge in [0.25, 0.3) is 5.91 Å².